The van der Waals surface area contributed by atoms with E-state index in [-0.39, 0.29) is 19.0 Å². The molecule has 1 heterocycles. The van der Waals surface area contributed by atoms with Crippen molar-refractivity contribution in [1.82, 2.24) is 5.32 Å². The van der Waals surface area contributed by atoms with Crippen molar-refractivity contribution in [3.8, 4) is 0 Å². The summed E-state index contributed by atoms with van der Waals surface area (Å²) >= 11 is 0. The van der Waals surface area contributed by atoms with Gasteiger partial charge in [0.1, 0.15) is 5.69 Å². The minimum atomic E-state index is -2.13. The fraction of sp³-hybridized carbons (Fsp3) is 0.500. The average Bonchev–Trinajstić information content (AvgIpc) is 2.59. The highest BCUT2D eigenvalue weighted by atomic mass is 19.2. The zero-order valence-corrected chi connectivity index (χ0v) is 10.2. The SMILES string of the molecule is CC1CNCCN(c2c(F)c(F)c(F)c(F)c2F)C1. The molecule has 1 fully saturated rings. The van der Waals surface area contributed by atoms with Crippen LogP contribution < -0.4 is 10.2 Å². The summed E-state index contributed by atoms with van der Waals surface area (Å²) < 4.78 is 66.6. The van der Waals surface area contributed by atoms with Gasteiger partial charge in [0.15, 0.2) is 23.3 Å². The van der Waals surface area contributed by atoms with Crippen LogP contribution in [0.5, 0.6) is 0 Å². The monoisotopic (exact) mass is 280 g/mol. The van der Waals surface area contributed by atoms with Crippen LogP contribution in [0.4, 0.5) is 27.6 Å². The van der Waals surface area contributed by atoms with Crippen LogP contribution in [0.2, 0.25) is 0 Å². The molecule has 0 aliphatic carbocycles. The van der Waals surface area contributed by atoms with Gasteiger partial charge in [0.2, 0.25) is 5.82 Å². The van der Waals surface area contributed by atoms with Gasteiger partial charge in [0.05, 0.1) is 0 Å². The summed E-state index contributed by atoms with van der Waals surface area (Å²) in [6.45, 7) is 3.29. The van der Waals surface area contributed by atoms with E-state index in [2.05, 4.69) is 5.32 Å². The van der Waals surface area contributed by atoms with E-state index in [1.165, 1.54) is 4.90 Å². The van der Waals surface area contributed by atoms with E-state index in [4.69, 9.17) is 0 Å². The molecule has 0 aromatic heterocycles. The van der Waals surface area contributed by atoms with E-state index < -0.39 is 34.8 Å². The van der Waals surface area contributed by atoms with Gasteiger partial charge in [-0.2, -0.15) is 0 Å². The lowest BCUT2D eigenvalue weighted by Gasteiger charge is -2.25. The number of hydrogen-bond donors (Lipinski definition) is 1. The number of nitrogens with zero attached hydrogens (tertiary/aromatic N) is 1. The maximum atomic E-state index is 13.7. The molecule has 7 heteroatoms. The van der Waals surface area contributed by atoms with Crippen LogP contribution in [0.15, 0.2) is 0 Å². The summed E-state index contributed by atoms with van der Waals surface area (Å²) in [5, 5.41) is 3.03. The van der Waals surface area contributed by atoms with Gasteiger partial charge in [-0.1, -0.05) is 6.92 Å². The standard InChI is InChI=1S/C12H13F5N2/c1-6-4-18-2-3-19(5-6)12-10(16)8(14)7(13)9(15)11(12)17/h6,18H,2-5H2,1H3. The molecule has 1 aromatic rings. The molecule has 19 heavy (non-hydrogen) atoms. The van der Waals surface area contributed by atoms with E-state index >= 15 is 0 Å². The summed E-state index contributed by atoms with van der Waals surface area (Å²) in [6, 6.07) is 0. The molecule has 1 saturated heterocycles. The first kappa shape index (κ1) is 14.0. The minimum absolute atomic E-state index is 0.0393. The Labute approximate surface area is 107 Å². The van der Waals surface area contributed by atoms with Crippen molar-refractivity contribution in [2.24, 2.45) is 5.92 Å². The first-order chi connectivity index (χ1) is 8.93. The second-order valence-corrected chi connectivity index (χ2v) is 4.67. The third kappa shape index (κ3) is 2.51. The summed E-state index contributed by atoms with van der Waals surface area (Å²) in [5.41, 5.74) is -0.841. The second-order valence-electron chi connectivity index (χ2n) is 4.67. The maximum Gasteiger partial charge on any atom is 0.200 e. The van der Waals surface area contributed by atoms with Gasteiger partial charge in [-0.15, -0.1) is 0 Å². The average molecular weight is 280 g/mol. The van der Waals surface area contributed by atoms with Crippen molar-refractivity contribution in [1.29, 1.82) is 0 Å². The molecule has 1 atom stereocenters. The number of halogens is 5. The molecule has 0 saturated carbocycles. The largest absolute Gasteiger partial charge is 0.365 e. The molecule has 1 aliphatic heterocycles. The van der Waals surface area contributed by atoms with Crippen LogP contribution in [-0.4, -0.2) is 26.2 Å². The van der Waals surface area contributed by atoms with Crippen LogP contribution in [-0.2, 0) is 0 Å². The number of anilines is 1. The quantitative estimate of drug-likeness (QED) is 0.483. The van der Waals surface area contributed by atoms with Gasteiger partial charge in [-0.25, -0.2) is 22.0 Å². The lowest BCUT2D eigenvalue weighted by atomic mass is 10.1. The Balaban J connectivity index is 2.49. The molecule has 1 aliphatic rings. The molecule has 2 nitrogen and oxygen atoms in total. The van der Waals surface area contributed by atoms with Crippen LogP contribution in [0.25, 0.3) is 0 Å². The van der Waals surface area contributed by atoms with Crippen molar-refractivity contribution >= 4 is 5.69 Å². The van der Waals surface area contributed by atoms with Crippen molar-refractivity contribution in [2.75, 3.05) is 31.1 Å². The van der Waals surface area contributed by atoms with Gasteiger partial charge in [-0.05, 0) is 12.5 Å². The fourth-order valence-corrected chi connectivity index (χ4v) is 2.17. The van der Waals surface area contributed by atoms with E-state index in [1.807, 2.05) is 6.92 Å². The smallest absolute Gasteiger partial charge is 0.200 e. The van der Waals surface area contributed by atoms with E-state index in [0.29, 0.717) is 13.1 Å². The van der Waals surface area contributed by atoms with Gasteiger partial charge >= 0.3 is 0 Å². The van der Waals surface area contributed by atoms with Crippen LogP contribution in [0.1, 0.15) is 6.92 Å². The third-order valence-electron chi connectivity index (χ3n) is 3.09. The summed E-state index contributed by atoms with van der Waals surface area (Å²) in [7, 11) is 0. The highest BCUT2D eigenvalue weighted by Gasteiger charge is 2.30. The fourth-order valence-electron chi connectivity index (χ4n) is 2.17. The topological polar surface area (TPSA) is 15.3 Å². The normalized spacial score (nSPS) is 20.5. The first-order valence-corrected chi connectivity index (χ1v) is 5.90. The highest BCUT2D eigenvalue weighted by Crippen LogP contribution is 2.30. The van der Waals surface area contributed by atoms with Crippen LogP contribution in [0.3, 0.4) is 0 Å². The minimum Gasteiger partial charge on any atom is -0.365 e. The molecule has 0 bridgehead atoms. The maximum absolute atomic E-state index is 13.7. The van der Waals surface area contributed by atoms with Crippen molar-refractivity contribution in [3.63, 3.8) is 0 Å². The molecule has 0 amide bonds. The third-order valence-corrected chi connectivity index (χ3v) is 3.09. The number of benzene rings is 1. The molecule has 1 unspecified atom stereocenters. The Morgan fingerprint density at radius 1 is 0.947 bits per heavy atom. The molecule has 106 valence electrons. The number of hydrogen-bond acceptors (Lipinski definition) is 2. The lowest BCUT2D eigenvalue weighted by molar-refractivity contribution is 0.377. The Morgan fingerprint density at radius 3 is 2.05 bits per heavy atom. The number of nitrogens with one attached hydrogen (secondary N) is 1. The Kier molecular flexibility index (Phi) is 3.93. The van der Waals surface area contributed by atoms with Crippen molar-refractivity contribution in [2.45, 2.75) is 6.92 Å². The van der Waals surface area contributed by atoms with Gasteiger partial charge in [0, 0.05) is 19.6 Å². The van der Waals surface area contributed by atoms with Crippen LogP contribution in [0, 0.1) is 35.0 Å². The van der Waals surface area contributed by atoms with Gasteiger partial charge in [0.25, 0.3) is 0 Å². The Morgan fingerprint density at radius 2 is 1.47 bits per heavy atom. The van der Waals surface area contributed by atoms with E-state index in [9.17, 15) is 22.0 Å². The first-order valence-electron chi connectivity index (χ1n) is 5.90. The number of rotatable bonds is 1. The predicted molar refractivity (Wildman–Crippen MR) is 60.5 cm³/mol. The lowest BCUT2D eigenvalue weighted by Crippen LogP contribution is -2.31. The molecule has 0 spiro atoms. The summed E-state index contributed by atoms with van der Waals surface area (Å²) in [4.78, 5) is 1.20. The molecular weight excluding hydrogens is 267 g/mol. The molecule has 0 radical (unpaired) electrons. The molecule has 2 rings (SSSR count). The van der Waals surface area contributed by atoms with Gasteiger partial charge in [-0.3, -0.25) is 0 Å². The Hall–Kier alpha value is -1.37. The van der Waals surface area contributed by atoms with E-state index in [1.54, 1.807) is 0 Å². The zero-order chi connectivity index (χ0) is 14.2. The van der Waals surface area contributed by atoms with Gasteiger partial charge < -0.3 is 10.2 Å². The molecule has 1 aromatic carbocycles. The predicted octanol–water partition coefficient (Wildman–Crippen LogP) is 2.43. The van der Waals surface area contributed by atoms with Crippen molar-refractivity contribution in [3.05, 3.63) is 29.1 Å². The Bertz CT molecular complexity index is 462. The van der Waals surface area contributed by atoms with Crippen molar-refractivity contribution < 1.29 is 22.0 Å². The van der Waals surface area contributed by atoms with Crippen LogP contribution >= 0.6 is 0 Å². The second kappa shape index (κ2) is 5.32. The molecular formula is C12H13F5N2. The summed E-state index contributed by atoms with van der Waals surface area (Å²) in [5.74, 6) is -9.44. The zero-order valence-electron chi connectivity index (χ0n) is 10.2. The molecule has 1 N–H and O–H groups in total. The van der Waals surface area contributed by atoms with E-state index in [0.717, 1.165) is 0 Å². The summed E-state index contributed by atoms with van der Waals surface area (Å²) in [6.07, 6.45) is 0. The highest BCUT2D eigenvalue weighted by molar-refractivity contribution is 5.50.